The summed E-state index contributed by atoms with van der Waals surface area (Å²) in [4.78, 5) is 25.4. The topological polar surface area (TPSA) is 134 Å². The average molecular weight is 542 g/mol. The van der Waals surface area contributed by atoms with E-state index in [1.165, 1.54) is 0 Å². The second-order valence-electron chi connectivity index (χ2n) is 11.6. The maximum absolute atomic E-state index is 13.4. The number of carbonyl (C=O) groups is 2. The first-order chi connectivity index (χ1) is 16.8. The number of aliphatic hydroxyl groups excluding tert-OH is 1. The summed E-state index contributed by atoms with van der Waals surface area (Å²) in [6, 6.07) is 1.71. The molecule has 212 valence electrons. The summed E-state index contributed by atoms with van der Waals surface area (Å²) < 4.78 is 34.8. The van der Waals surface area contributed by atoms with Gasteiger partial charge in [-0.3, -0.25) is 9.59 Å². The molecule has 9 nitrogen and oxygen atoms in total. The zero-order chi connectivity index (χ0) is 28.7. The number of hydrogen-bond acceptors (Lipinski definition) is 7. The van der Waals surface area contributed by atoms with Crippen LogP contribution < -0.4 is 15.4 Å². The Kier molecular flexibility index (Phi) is 12.2. The van der Waals surface area contributed by atoms with E-state index in [2.05, 4.69) is 15.4 Å². The molecule has 1 aromatic rings. The van der Waals surface area contributed by atoms with Gasteiger partial charge in [-0.2, -0.15) is 0 Å². The van der Waals surface area contributed by atoms with Crippen LogP contribution in [0.4, 0.5) is 0 Å². The molecule has 0 bridgehead atoms. The molecule has 0 spiro atoms. The fraction of sp³-hybridized carbons (Fsp3) is 0.704. The first kappa shape index (κ1) is 33.0. The number of carbonyl (C=O) groups excluding carboxylic acids is 2. The highest BCUT2D eigenvalue weighted by Gasteiger charge is 2.31. The molecule has 0 radical (unpaired) electrons. The van der Waals surface area contributed by atoms with Crippen molar-refractivity contribution in [3.8, 4) is 0 Å². The highest BCUT2D eigenvalue weighted by atomic mass is 32.2. The van der Waals surface area contributed by atoms with E-state index < -0.39 is 45.7 Å². The average Bonchev–Trinajstić information content (AvgIpc) is 2.66. The fourth-order valence-corrected chi connectivity index (χ4v) is 5.97. The Balaban J connectivity index is 3.11. The van der Waals surface area contributed by atoms with Crippen LogP contribution in [-0.4, -0.2) is 61.8 Å². The third kappa shape index (κ3) is 11.5. The molecule has 0 heterocycles. The molecule has 10 heteroatoms. The number of ether oxygens (including phenoxy) is 1. The highest BCUT2D eigenvalue weighted by molar-refractivity contribution is 7.89. The van der Waals surface area contributed by atoms with Gasteiger partial charge in [-0.05, 0) is 78.9 Å². The van der Waals surface area contributed by atoms with Crippen molar-refractivity contribution in [2.75, 3.05) is 6.54 Å². The lowest BCUT2D eigenvalue weighted by Crippen LogP contribution is -2.53. The molecule has 4 N–H and O–H groups in total. The first-order valence-electron chi connectivity index (χ1n) is 12.9. The van der Waals surface area contributed by atoms with Gasteiger partial charge < -0.3 is 20.5 Å². The largest absolute Gasteiger partial charge is 0.460 e. The van der Waals surface area contributed by atoms with Gasteiger partial charge in [0.15, 0.2) is 0 Å². The van der Waals surface area contributed by atoms with E-state index in [1.807, 2.05) is 32.9 Å². The lowest BCUT2D eigenvalue weighted by Gasteiger charge is -2.28. The fourth-order valence-electron chi connectivity index (χ4n) is 4.24. The van der Waals surface area contributed by atoms with E-state index in [0.29, 0.717) is 17.5 Å². The molecule has 0 fully saturated rings. The number of benzene rings is 1. The maximum Gasteiger partial charge on any atom is 0.308 e. The van der Waals surface area contributed by atoms with Crippen molar-refractivity contribution < 1.29 is 27.9 Å². The van der Waals surface area contributed by atoms with Gasteiger partial charge >= 0.3 is 5.97 Å². The van der Waals surface area contributed by atoms with E-state index in [-0.39, 0.29) is 29.8 Å². The Labute approximate surface area is 223 Å². The van der Waals surface area contributed by atoms with Gasteiger partial charge in [0.2, 0.25) is 15.9 Å². The van der Waals surface area contributed by atoms with E-state index in [0.717, 1.165) is 5.56 Å². The summed E-state index contributed by atoms with van der Waals surface area (Å²) in [6.45, 7) is 18.0. The molecule has 37 heavy (non-hydrogen) atoms. The minimum atomic E-state index is -3.93. The van der Waals surface area contributed by atoms with Crippen LogP contribution in [0, 0.1) is 26.7 Å². The molecule has 1 rings (SSSR count). The number of amides is 1. The number of nitrogens with one attached hydrogen (secondary N) is 3. The van der Waals surface area contributed by atoms with Crippen LogP contribution in [-0.2, 0) is 24.3 Å². The van der Waals surface area contributed by atoms with E-state index in [1.54, 1.807) is 48.5 Å². The van der Waals surface area contributed by atoms with Crippen molar-refractivity contribution in [2.24, 2.45) is 5.92 Å². The molecule has 3 atom stereocenters. The smallest absolute Gasteiger partial charge is 0.308 e. The van der Waals surface area contributed by atoms with Crippen LogP contribution in [0.2, 0.25) is 0 Å². The molecule has 0 saturated carbocycles. The summed E-state index contributed by atoms with van der Waals surface area (Å²) >= 11 is 0. The second kappa shape index (κ2) is 13.7. The van der Waals surface area contributed by atoms with E-state index in [4.69, 9.17) is 4.74 Å². The highest BCUT2D eigenvalue weighted by Crippen LogP contribution is 2.23. The third-order valence-corrected chi connectivity index (χ3v) is 7.28. The molecular formula is C27H47N3O6S. The first-order valence-corrected chi connectivity index (χ1v) is 14.3. The minimum Gasteiger partial charge on any atom is -0.460 e. The second-order valence-corrected chi connectivity index (χ2v) is 13.2. The summed E-state index contributed by atoms with van der Waals surface area (Å²) in [6.07, 6.45) is -1.01. The lowest BCUT2D eigenvalue weighted by atomic mass is 9.99. The Morgan fingerprint density at radius 1 is 1.03 bits per heavy atom. The number of esters is 1. The van der Waals surface area contributed by atoms with Crippen molar-refractivity contribution in [1.29, 1.82) is 0 Å². The van der Waals surface area contributed by atoms with Crippen LogP contribution >= 0.6 is 0 Å². The van der Waals surface area contributed by atoms with Gasteiger partial charge in [-0.1, -0.05) is 31.5 Å². The van der Waals surface area contributed by atoms with Gasteiger partial charge in [0.05, 0.1) is 23.5 Å². The van der Waals surface area contributed by atoms with Crippen LogP contribution in [0.3, 0.4) is 0 Å². The molecule has 0 aliphatic rings. The molecule has 0 aromatic heterocycles. The number of sulfonamides is 1. The molecular weight excluding hydrogens is 494 g/mol. The minimum absolute atomic E-state index is 0.0874. The van der Waals surface area contributed by atoms with Gasteiger partial charge in [0.25, 0.3) is 0 Å². The Bertz CT molecular complexity index is 1010. The zero-order valence-electron chi connectivity index (χ0n) is 24.1. The number of aliphatic hydroxyl groups is 1. The maximum atomic E-state index is 13.4. The van der Waals surface area contributed by atoms with Crippen LogP contribution in [0.1, 0.15) is 78.0 Å². The number of aryl methyl sites for hydroxylation is 3. The van der Waals surface area contributed by atoms with Crippen LogP contribution in [0.25, 0.3) is 0 Å². The third-order valence-electron chi connectivity index (χ3n) is 5.48. The summed E-state index contributed by atoms with van der Waals surface area (Å²) in [5.41, 5.74) is 1.52. The summed E-state index contributed by atoms with van der Waals surface area (Å²) in [7, 11) is -3.93. The summed E-state index contributed by atoms with van der Waals surface area (Å²) in [5, 5.41) is 16.8. The van der Waals surface area contributed by atoms with Crippen molar-refractivity contribution >= 4 is 21.9 Å². The number of hydrogen-bond donors (Lipinski definition) is 4. The molecule has 0 aliphatic heterocycles. The predicted molar refractivity (Wildman–Crippen MR) is 146 cm³/mol. The van der Waals surface area contributed by atoms with Crippen molar-refractivity contribution in [3.05, 3.63) is 28.8 Å². The Morgan fingerprint density at radius 3 is 2.03 bits per heavy atom. The molecule has 1 amide bonds. The standard InChI is InChI=1S/C27H47N3O6S/c1-16(2)11-21(30-37(34,35)25-19(6)12-18(5)13-20(25)7)23(31)15-28-22(26(33)29-17(3)4)14-24(32)36-27(8,9)10/h12-13,16-17,21-23,28,30-31H,11,14-15H2,1-10H3,(H,29,33)/t21-,22+,23+/m1/s1. The predicted octanol–water partition coefficient (Wildman–Crippen LogP) is 2.88. The Hall–Kier alpha value is -2.01. The molecule has 0 unspecified atom stereocenters. The summed E-state index contributed by atoms with van der Waals surface area (Å²) in [5.74, 6) is -0.868. The van der Waals surface area contributed by atoms with Gasteiger partial charge in [-0.25, -0.2) is 13.1 Å². The van der Waals surface area contributed by atoms with Gasteiger partial charge in [-0.15, -0.1) is 0 Å². The quantitative estimate of drug-likeness (QED) is 0.282. The van der Waals surface area contributed by atoms with E-state index >= 15 is 0 Å². The van der Waals surface area contributed by atoms with Gasteiger partial charge in [0, 0.05) is 18.6 Å². The van der Waals surface area contributed by atoms with Crippen molar-refractivity contribution in [3.63, 3.8) is 0 Å². The number of rotatable bonds is 13. The molecule has 0 aliphatic carbocycles. The SMILES string of the molecule is Cc1cc(C)c(S(=O)(=O)N[C@H](CC(C)C)[C@@H](O)CN[C@@H](CC(=O)OC(C)(C)C)C(=O)NC(C)C)c(C)c1. The monoisotopic (exact) mass is 541 g/mol. The van der Waals surface area contributed by atoms with Crippen molar-refractivity contribution in [1.82, 2.24) is 15.4 Å². The Morgan fingerprint density at radius 2 is 1.57 bits per heavy atom. The van der Waals surface area contributed by atoms with E-state index in [9.17, 15) is 23.1 Å². The van der Waals surface area contributed by atoms with Crippen LogP contribution in [0.5, 0.6) is 0 Å². The lowest BCUT2D eigenvalue weighted by molar-refractivity contribution is -0.156. The zero-order valence-corrected chi connectivity index (χ0v) is 24.9. The molecule has 1 aromatic carbocycles. The van der Waals surface area contributed by atoms with Gasteiger partial charge in [0.1, 0.15) is 5.60 Å². The van der Waals surface area contributed by atoms with Crippen LogP contribution in [0.15, 0.2) is 17.0 Å². The van der Waals surface area contributed by atoms with Crippen molar-refractivity contribution in [2.45, 2.75) is 117 Å². The normalized spacial score (nSPS) is 14.9. The molecule has 0 saturated heterocycles.